The lowest BCUT2D eigenvalue weighted by Crippen LogP contribution is -2.41. The summed E-state index contributed by atoms with van der Waals surface area (Å²) < 4.78 is 28.2. The van der Waals surface area contributed by atoms with E-state index in [0.29, 0.717) is 11.4 Å². The zero-order chi connectivity index (χ0) is 15.5. The van der Waals surface area contributed by atoms with E-state index in [1.807, 2.05) is 5.38 Å². The molecule has 1 saturated carbocycles. The second-order valence-electron chi connectivity index (χ2n) is 6.44. The van der Waals surface area contributed by atoms with Crippen LogP contribution in [-0.2, 0) is 16.6 Å². The fourth-order valence-corrected chi connectivity index (χ4v) is 5.73. The number of thiophene rings is 1. The maximum Gasteiger partial charge on any atom is 0.241 e. The van der Waals surface area contributed by atoms with E-state index in [2.05, 4.69) is 30.8 Å². The highest BCUT2D eigenvalue weighted by atomic mass is 32.2. The Morgan fingerprint density at radius 2 is 2.19 bits per heavy atom. The van der Waals surface area contributed by atoms with E-state index in [9.17, 15) is 8.42 Å². The summed E-state index contributed by atoms with van der Waals surface area (Å²) in [5.41, 5.74) is 0.0454. The van der Waals surface area contributed by atoms with Crippen molar-refractivity contribution in [1.82, 2.24) is 10.0 Å². The fourth-order valence-electron chi connectivity index (χ4n) is 2.87. The minimum Gasteiger partial charge on any atom is -0.312 e. The van der Waals surface area contributed by atoms with Crippen molar-refractivity contribution in [2.75, 3.05) is 6.54 Å². The third-order valence-corrected chi connectivity index (χ3v) is 6.87. The molecule has 1 aliphatic carbocycles. The average Bonchev–Trinajstić information content (AvgIpc) is 2.98. The lowest BCUT2D eigenvalue weighted by molar-refractivity contribution is 0.313. The highest BCUT2D eigenvalue weighted by Gasteiger charge is 2.37. The van der Waals surface area contributed by atoms with Crippen LogP contribution in [0.2, 0.25) is 0 Å². The van der Waals surface area contributed by atoms with Gasteiger partial charge < -0.3 is 5.32 Å². The van der Waals surface area contributed by atoms with Gasteiger partial charge in [-0.2, -0.15) is 0 Å². The second kappa shape index (κ2) is 6.77. The maximum absolute atomic E-state index is 12.7. The molecule has 6 heteroatoms. The molecule has 1 fully saturated rings. The molecule has 0 saturated heterocycles. The Balaban J connectivity index is 2.11. The van der Waals surface area contributed by atoms with Crippen LogP contribution in [0.1, 0.15) is 51.3 Å². The van der Waals surface area contributed by atoms with Gasteiger partial charge in [-0.25, -0.2) is 13.1 Å². The summed E-state index contributed by atoms with van der Waals surface area (Å²) in [5.74, 6) is 0. The van der Waals surface area contributed by atoms with Crippen molar-refractivity contribution in [3.8, 4) is 0 Å². The van der Waals surface area contributed by atoms with E-state index in [1.54, 1.807) is 6.07 Å². The van der Waals surface area contributed by atoms with Gasteiger partial charge in [0.25, 0.3) is 0 Å². The summed E-state index contributed by atoms with van der Waals surface area (Å²) in [4.78, 5) is 1.34. The second-order valence-corrected chi connectivity index (χ2v) is 9.12. The minimum atomic E-state index is -3.42. The molecule has 0 amide bonds. The van der Waals surface area contributed by atoms with Crippen molar-refractivity contribution >= 4 is 21.4 Å². The Labute approximate surface area is 132 Å². The highest BCUT2D eigenvalue weighted by Crippen LogP contribution is 2.38. The zero-order valence-corrected chi connectivity index (χ0v) is 14.7. The highest BCUT2D eigenvalue weighted by molar-refractivity contribution is 7.89. The van der Waals surface area contributed by atoms with E-state index in [1.165, 1.54) is 11.3 Å². The molecular weight excluding hydrogens is 304 g/mol. The molecule has 0 bridgehead atoms. The molecule has 1 unspecified atom stereocenters. The summed E-state index contributed by atoms with van der Waals surface area (Å²) in [7, 11) is -3.42. The quantitative estimate of drug-likeness (QED) is 0.755. The summed E-state index contributed by atoms with van der Waals surface area (Å²) in [6, 6.07) is 1.76. The van der Waals surface area contributed by atoms with Crippen LogP contribution in [0.5, 0.6) is 0 Å². The van der Waals surface area contributed by atoms with Gasteiger partial charge in [-0.15, -0.1) is 11.3 Å². The van der Waals surface area contributed by atoms with Crippen LogP contribution in [0.25, 0.3) is 0 Å². The maximum atomic E-state index is 12.7. The van der Waals surface area contributed by atoms with Gasteiger partial charge in [0.1, 0.15) is 0 Å². The van der Waals surface area contributed by atoms with Crippen LogP contribution in [-0.4, -0.2) is 21.0 Å². The SMILES string of the molecule is CCCNCc1sccc1S(=O)(=O)NC1CCCC1(C)C. The first-order valence-electron chi connectivity index (χ1n) is 7.66. The predicted octanol–water partition coefficient (Wildman–Crippen LogP) is 3.10. The largest absolute Gasteiger partial charge is 0.312 e. The van der Waals surface area contributed by atoms with E-state index in [4.69, 9.17) is 0 Å². The molecule has 0 aromatic carbocycles. The fraction of sp³-hybridized carbons (Fsp3) is 0.733. The first-order chi connectivity index (χ1) is 9.87. The van der Waals surface area contributed by atoms with Crippen molar-refractivity contribution in [3.63, 3.8) is 0 Å². The Morgan fingerprint density at radius 1 is 1.43 bits per heavy atom. The zero-order valence-electron chi connectivity index (χ0n) is 13.1. The van der Waals surface area contributed by atoms with Crippen LogP contribution >= 0.6 is 11.3 Å². The topological polar surface area (TPSA) is 58.2 Å². The Kier molecular flexibility index (Phi) is 5.46. The molecule has 120 valence electrons. The van der Waals surface area contributed by atoms with Crippen LogP contribution in [0.4, 0.5) is 0 Å². The molecule has 2 N–H and O–H groups in total. The van der Waals surface area contributed by atoms with Crippen molar-refractivity contribution in [1.29, 1.82) is 0 Å². The normalized spacial score (nSPS) is 21.8. The van der Waals surface area contributed by atoms with Crippen LogP contribution in [0, 0.1) is 5.41 Å². The van der Waals surface area contributed by atoms with E-state index >= 15 is 0 Å². The molecule has 0 aliphatic heterocycles. The Hall–Kier alpha value is -0.430. The van der Waals surface area contributed by atoms with Crippen LogP contribution < -0.4 is 10.0 Å². The van der Waals surface area contributed by atoms with E-state index < -0.39 is 10.0 Å². The van der Waals surface area contributed by atoms with E-state index in [-0.39, 0.29) is 11.5 Å². The lowest BCUT2D eigenvalue weighted by atomic mass is 9.88. The van der Waals surface area contributed by atoms with Gasteiger partial charge >= 0.3 is 0 Å². The summed E-state index contributed by atoms with van der Waals surface area (Å²) in [6.45, 7) is 7.91. The summed E-state index contributed by atoms with van der Waals surface area (Å²) in [6.07, 6.45) is 4.14. The molecule has 21 heavy (non-hydrogen) atoms. The van der Waals surface area contributed by atoms with Crippen LogP contribution in [0.3, 0.4) is 0 Å². The van der Waals surface area contributed by atoms with E-state index in [0.717, 1.165) is 37.1 Å². The summed E-state index contributed by atoms with van der Waals surface area (Å²) in [5, 5.41) is 5.14. The molecule has 1 heterocycles. The number of sulfonamides is 1. The number of rotatable bonds is 7. The monoisotopic (exact) mass is 330 g/mol. The molecule has 4 nitrogen and oxygen atoms in total. The molecule has 1 aromatic rings. The van der Waals surface area contributed by atoms with Crippen molar-refractivity contribution < 1.29 is 8.42 Å². The van der Waals surface area contributed by atoms with Gasteiger partial charge in [-0.3, -0.25) is 0 Å². The molecule has 2 rings (SSSR count). The van der Waals surface area contributed by atoms with Gasteiger partial charge in [0.2, 0.25) is 10.0 Å². The van der Waals surface area contributed by atoms with Gasteiger partial charge in [0.05, 0.1) is 4.90 Å². The first-order valence-corrected chi connectivity index (χ1v) is 10.0. The molecule has 0 spiro atoms. The lowest BCUT2D eigenvalue weighted by Gasteiger charge is -2.27. The van der Waals surface area contributed by atoms with Gasteiger partial charge in [-0.05, 0) is 42.7 Å². The number of nitrogens with one attached hydrogen (secondary N) is 2. The van der Waals surface area contributed by atoms with Gasteiger partial charge in [0.15, 0.2) is 0 Å². The first kappa shape index (κ1) is 16.9. The number of hydrogen-bond acceptors (Lipinski definition) is 4. The van der Waals surface area contributed by atoms with Crippen molar-refractivity contribution in [2.24, 2.45) is 5.41 Å². The predicted molar refractivity (Wildman–Crippen MR) is 88.1 cm³/mol. The molecule has 1 aromatic heterocycles. The average molecular weight is 331 g/mol. The Morgan fingerprint density at radius 3 is 2.81 bits per heavy atom. The van der Waals surface area contributed by atoms with Crippen molar-refractivity contribution in [2.45, 2.75) is 63.9 Å². The molecule has 1 atom stereocenters. The molecular formula is C15H26N2O2S2. The van der Waals surface area contributed by atoms with Crippen molar-refractivity contribution in [3.05, 3.63) is 16.3 Å². The van der Waals surface area contributed by atoms with Gasteiger partial charge in [-0.1, -0.05) is 27.2 Å². The third kappa shape index (κ3) is 4.06. The Bertz CT molecular complexity index is 564. The minimum absolute atomic E-state index is 0.0406. The van der Waals surface area contributed by atoms with Gasteiger partial charge in [0, 0.05) is 17.5 Å². The summed E-state index contributed by atoms with van der Waals surface area (Å²) >= 11 is 1.50. The smallest absolute Gasteiger partial charge is 0.241 e. The number of hydrogen-bond donors (Lipinski definition) is 2. The molecule has 0 radical (unpaired) electrons. The van der Waals surface area contributed by atoms with Crippen LogP contribution in [0.15, 0.2) is 16.3 Å². The third-order valence-electron chi connectivity index (χ3n) is 4.26. The standard InChI is InChI=1S/C15H26N2O2S2/c1-4-9-16-11-12-13(7-10-20-12)21(18,19)17-14-6-5-8-15(14,2)3/h7,10,14,16-17H,4-6,8-9,11H2,1-3H3. The molecule has 1 aliphatic rings.